The molecule has 0 aliphatic heterocycles. The van der Waals surface area contributed by atoms with Crippen LogP contribution in [0.2, 0.25) is 0 Å². The van der Waals surface area contributed by atoms with Crippen LogP contribution >= 0.6 is 15.6 Å². The van der Waals surface area contributed by atoms with E-state index in [0.717, 1.165) is 161 Å². The molecule has 0 fully saturated rings. The fourth-order valence-corrected chi connectivity index (χ4v) is 11.7. The third-order valence-corrected chi connectivity index (χ3v) is 18.0. The topological polar surface area (TPSA) is 237 Å². The SMILES string of the molecule is CC/C=C\C/C=C\C/C=C\C/C=C\C/C=C\CCCC(=O)OCC(COP(=O)(O)OCC(O)COP(=O)(O)OCC(COC(=O)CCCCCCC/C=C\CCCCCCCC)OC(=O)CCCCCCC/C=C\CCCCCC)OC(=O)CCCCCC/C=C\C/C=C\C/C=C\C/C=C\CC. The minimum Gasteiger partial charge on any atom is -0.462 e. The van der Waals surface area contributed by atoms with Gasteiger partial charge in [0.2, 0.25) is 0 Å². The van der Waals surface area contributed by atoms with E-state index >= 15 is 0 Å². The van der Waals surface area contributed by atoms with Crippen molar-refractivity contribution < 1.29 is 80.2 Å². The number of rotatable bonds is 73. The number of unbranched alkanes of at least 4 members (excludes halogenated alkanes) is 25. The lowest BCUT2D eigenvalue weighted by Crippen LogP contribution is -2.30. The van der Waals surface area contributed by atoms with Crippen molar-refractivity contribution in [1.82, 2.24) is 0 Å². The molecule has 3 N–H and O–H groups in total. The summed E-state index contributed by atoms with van der Waals surface area (Å²) in [4.78, 5) is 72.9. The van der Waals surface area contributed by atoms with E-state index in [0.29, 0.717) is 32.1 Å². The van der Waals surface area contributed by atoms with Crippen LogP contribution in [-0.4, -0.2) is 96.7 Å². The Kier molecular flexibility index (Phi) is 71.0. The summed E-state index contributed by atoms with van der Waals surface area (Å²) < 4.78 is 68.5. The van der Waals surface area contributed by atoms with E-state index in [9.17, 15) is 43.2 Å². The highest BCUT2D eigenvalue weighted by Crippen LogP contribution is 2.45. The summed E-state index contributed by atoms with van der Waals surface area (Å²) in [5.41, 5.74) is 0. The van der Waals surface area contributed by atoms with Crippen molar-refractivity contribution in [2.24, 2.45) is 0 Å². The Bertz CT molecular complexity index is 2460. The monoisotopic (exact) mass is 1470 g/mol. The predicted molar refractivity (Wildman–Crippen MR) is 418 cm³/mol. The van der Waals surface area contributed by atoms with Crippen LogP contribution in [0.4, 0.5) is 0 Å². The number of allylic oxidation sites excluding steroid dienone is 22. The lowest BCUT2D eigenvalue weighted by atomic mass is 10.1. The molecule has 5 unspecified atom stereocenters. The van der Waals surface area contributed by atoms with Gasteiger partial charge in [0.1, 0.15) is 19.3 Å². The van der Waals surface area contributed by atoms with Gasteiger partial charge in [-0.1, -0.05) is 264 Å². The average Bonchev–Trinajstić information content (AvgIpc) is 0.959. The van der Waals surface area contributed by atoms with Crippen LogP contribution in [0, 0.1) is 0 Å². The standard InChI is InChI=1S/C83H140O17P2/c1-5-9-13-17-21-25-29-33-36-38-41-45-48-52-56-60-64-68-81(86)94-74-79(100-83(88)70-66-62-58-54-50-46-42-39-37-34-30-26-22-18-14-10-6-2)76-98-102(91,92)96-72-77(84)71-95-101(89,90)97-75-78(99-82(87)69-65-61-57-53-49-43-32-28-24-20-16-12-8-4)73-93-80(85)67-63-59-55-51-47-44-40-35-31-27-23-19-15-11-7-3/h9-10,13-14,21-22,25-26,28,32-37,40-42,45-46,52,56,77-79,84H,5-8,11-12,15-20,23-24,27,29-31,38-39,43-44,47-51,53-55,57-76H2,1-4H3,(H,89,90)(H,91,92)/b13-9-,14-10-,25-21-,26-22-,32-28-,36-33-,37-34-,40-35-,45-41-,46-42-,56-52-. The Balaban J connectivity index is 5.44. The first-order chi connectivity index (χ1) is 49.7. The van der Waals surface area contributed by atoms with E-state index in [1.807, 2.05) is 12.2 Å². The molecule has 19 heteroatoms. The van der Waals surface area contributed by atoms with E-state index in [1.165, 1.54) is 64.2 Å². The Labute approximate surface area is 618 Å². The average molecular weight is 1470 g/mol. The number of hydrogen-bond acceptors (Lipinski definition) is 15. The second-order valence-corrected chi connectivity index (χ2v) is 28.8. The smallest absolute Gasteiger partial charge is 0.462 e. The van der Waals surface area contributed by atoms with E-state index in [4.69, 9.17) is 37.0 Å². The second kappa shape index (κ2) is 74.5. The summed E-state index contributed by atoms with van der Waals surface area (Å²) >= 11 is 0. The van der Waals surface area contributed by atoms with Crippen molar-refractivity contribution >= 4 is 39.5 Å². The van der Waals surface area contributed by atoms with E-state index in [2.05, 4.69) is 149 Å². The Hall–Kier alpha value is -4.80. The second-order valence-electron chi connectivity index (χ2n) is 25.9. The maximum atomic E-state index is 13.1. The quantitative estimate of drug-likeness (QED) is 0.0169. The van der Waals surface area contributed by atoms with Gasteiger partial charge in [-0.2, -0.15) is 0 Å². The molecule has 0 amide bonds. The first kappa shape index (κ1) is 97.2. The third-order valence-electron chi connectivity index (χ3n) is 16.1. The Morgan fingerprint density at radius 2 is 0.520 bits per heavy atom. The van der Waals surface area contributed by atoms with Crippen LogP contribution in [0.1, 0.15) is 310 Å². The number of carbonyl (C=O) groups excluding carboxylic acids is 4. The number of esters is 4. The minimum atomic E-state index is -5.00. The highest BCUT2D eigenvalue weighted by atomic mass is 31.2. The minimum absolute atomic E-state index is 0.0508. The van der Waals surface area contributed by atoms with Crippen LogP contribution in [0.15, 0.2) is 134 Å². The Morgan fingerprint density at radius 3 is 0.843 bits per heavy atom. The summed E-state index contributed by atoms with van der Waals surface area (Å²) in [5.74, 6) is -2.29. The van der Waals surface area contributed by atoms with Gasteiger partial charge >= 0.3 is 39.5 Å². The van der Waals surface area contributed by atoms with Crippen LogP contribution in [0.5, 0.6) is 0 Å². The normalized spacial score (nSPS) is 14.6. The number of ether oxygens (including phenoxy) is 4. The molecule has 0 aliphatic carbocycles. The molecule has 0 aromatic carbocycles. The van der Waals surface area contributed by atoms with E-state index in [-0.39, 0.29) is 25.7 Å². The molecule has 0 spiro atoms. The summed E-state index contributed by atoms with van der Waals surface area (Å²) in [6.45, 7) is 4.52. The lowest BCUT2D eigenvalue weighted by molar-refractivity contribution is -0.161. The number of aliphatic hydroxyl groups excluding tert-OH is 1. The van der Waals surface area contributed by atoms with Gasteiger partial charge in [-0.25, -0.2) is 9.13 Å². The zero-order chi connectivity index (χ0) is 74.6. The van der Waals surface area contributed by atoms with Crippen molar-refractivity contribution in [3.05, 3.63) is 134 Å². The molecule has 0 aromatic heterocycles. The van der Waals surface area contributed by atoms with Crippen molar-refractivity contribution in [3.63, 3.8) is 0 Å². The summed E-state index contributed by atoms with van der Waals surface area (Å²) in [7, 11) is -9.99. The van der Waals surface area contributed by atoms with Crippen LogP contribution < -0.4 is 0 Å². The van der Waals surface area contributed by atoms with Gasteiger partial charge in [0, 0.05) is 25.7 Å². The third kappa shape index (κ3) is 73.5. The summed E-state index contributed by atoms with van der Waals surface area (Å²) in [6, 6.07) is 0. The molecule has 0 rings (SSSR count). The zero-order valence-electron chi connectivity index (χ0n) is 63.7. The number of phosphoric ester groups is 2. The maximum absolute atomic E-state index is 13.1. The van der Waals surface area contributed by atoms with Crippen LogP contribution in [0.3, 0.4) is 0 Å². The van der Waals surface area contributed by atoms with Gasteiger partial charge in [0.15, 0.2) is 12.2 Å². The summed E-state index contributed by atoms with van der Waals surface area (Å²) in [5, 5.41) is 10.6. The van der Waals surface area contributed by atoms with Gasteiger partial charge in [-0.05, 0) is 154 Å². The van der Waals surface area contributed by atoms with Gasteiger partial charge in [0.05, 0.1) is 26.4 Å². The fraction of sp³-hybridized carbons (Fsp3) is 0.687. The van der Waals surface area contributed by atoms with Gasteiger partial charge in [-0.3, -0.25) is 37.3 Å². The molecule has 0 saturated carbocycles. The number of hydrogen-bond donors (Lipinski definition) is 3. The molecular formula is C83H140O17P2. The molecule has 102 heavy (non-hydrogen) atoms. The molecule has 0 heterocycles. The fourth-order valence-electron chi connectivity index (χ4n) is 10.1. The number of aliphatic hydroxyl groups is 1. The molecule has 584 valence electrons. The van der Waals surface area contributed by atoms with Crippen molar-refractivity contribution in [2.45, 2.75) is 329 Å². The largest absolute Gasteiger partial charge is 0.472 e. The summed E-state index contributed by atoms with van der Waals surface area (Å²) in [6.07, 6.45) is 83.0. The molecule has 0 saturated heterocycles. The molecule has 0 bridgehead atoms. The van der Waals surface area contributed by atoms with Gasteiger partial charge in [0.25, 0.3) is 0 Å². The maximum Gasteiger partial charge on any atom is 0.472 e. The van der Waals surface area contributed by atoms with Gasteiger partial charge < -0.3 is 33.8 Å². The highest BCUT2D eigenvalue weighted by molar-refractivity contribution is 7.47. The van der Waals surface area contributed by atoms with Crippen LogP contribution in [0.25, 0.3) is 0 Å². The van der Waals surface area contributed by atoms with Crippen LogP contribution in [-0.2, 0) is 65.4 Å². The number of phosphoric acid groups is 2. The zero-order valence-corrected chi connectivity index (χ0v) is 65.5. The molecule has 0 aliphatic rings. The van der Waals surface area contributed by atoms with Gasteiger partial charge in [-0.15, -0.1) is 0 Å². The van der Waals surface area contributed by atoms with Crippen molar-refractivity contribution in [1.29, 1.82) is 0 Å². The molecule has 5 atom stereocenters. The molecule has 0 radical (unpaired) electrons. The molecular weight excluding hydrogens is 1330 g/mol. The lowest BCUT2D eigenvalue weighted by Gasteiger charge is -2.21. The molecule has 0 aromatic rings. The first-order valence-electron chi connectivity index (χ1n) is 39.4. The van der Waals surface area contributed by atoms with E-state index in [1.54, 1.807) is 0 Å². The predicted octanol–water partition coefficient (Wildman–Crippen LogP) is 22.9. The van der Waals surface area contributed by atoms with E-state index < -0.39 is 97.5 Å². The molecule has 17 nitrogen and oxygen atoms in total. The highest BCUT2D eigenvalue weighted by Gasteiger charge is 2.30. The Morgan fingerprint density at radius 1 is 0.284 bits per heavy atom. The van der Waals surface area contributed by atoms with Crippen molar-refractivity contribution in [2.75, 3.05) is 39.6 Å². The van der Waals surface area contributed by atoms with Crippen molar-refractivity contribution in [3.8, 4) is 0 Å². The first-order valence-corrected chi connectivity index (χ1v) is 42.4. The number of carbonyl (C=O) groups is 4.